The van der Waals surface area contributed by atoms with Crippen molar-refractivity contribution in [2.45, 2.75) is 6.92 Å². The van der Waals surface area contributed by atoms with Gasteiger partial charge in [-0.1, -0.05) is 145 Å². The first-order valence-electron chi connectivity index (χ1n) is 15.4. The average molecular weight is 571 g/mol. The molecule has 0 saturated heterocycles. The number of hydrogen-bond donors (Lipinski definition) is 0. The zero-order valence-corrected chi connectivity index (χ0v) is 25.1. The summed E-state index contributed by atoms with van der Waals surface area (Å²) in [6, 6.07) is 54.5. The van der Waals surface area contributed by atoms with E-state index in [-0.39, 0.29) is 0 Å². The van der Waals surface area contributed by atoms with Crippen LogP contribution in [0.5, 0.6) is 0 Å². The third-order valence-electron chi connectivity index (χ3n) is 9.03. The molecule has 210 valence electrons. The van der Waals surface area contributed by atoms with Gasteiger partial charge in [0.2, 0.25) is 0 Å². The summed E-state index contributed by atoms with van der Waals surface area (Å²) >= 11 is 0. The molecule has 0 nitrogen and oxygen atoms in total. The van der Waals surface area contributed by atoms with Crippen molar-refractivity contribution >= 4 is 54.7 Å². The predicted molar refractivity (Wildman–Crippen MR) is 195 cm³/mol. The standard InChI is InChI=1S/C45H30/c1-3-31-29-43-35(25-24-33-16-7-8-19-38(33)43)28-37(31)26-30(2)44-39-20-9-11-22-41(39)45(42-23-12-10-21-40(42)44)36-18-13-17-34(27-36)32-14-5-4-6-15-32/h1,4-29H,2H3/b30-26+. The van der Waals surface area contributed by atoms with E-state index in [0.717, 1.165) is 11.1 Å². The lowest BCUT2D eigenvalue weighted by Gasteiger charge is -2.18. The molecule has 0 spiro atoms. The largest absolute Gasteiger partial charge is 0.115 e. The lowest BCUT2D eigenvalue weighted by Crippen LogP contribution is -1.93. The molecule has 0 aromatic heterocycles. The third-order valence-corrected chi connectivity index (χ3v) is 9.03. The van der Waals surface area contributed by atoms with Crippen LogP contribution in [0.15, 0.2) is 152 Å². The molecule has 0 amide bonds. The molecule has 0 fully saturated rings. The number of benzene rings is 8. The molecular formula is C45H30. The maximum absolute atomic E-state index is 6.14. The van der Waals surface area contributed by atoms with Gasteiger partial charge in [-0.25, -0.2) is 0 Å². The van der Waals surface area contributed by atoms with Crippen LogP contribution >= 0.6 is 0 Å². The monoisotopic (exact) mass is 570 g/mol. The molecule has 0 bridgehead atoms. The Bertz CT molecular complexity index is 2430. The molecule has 0 saturated carbocycles. The van der Waals surface area contributed by atoms with Gasteiger partial charge in [-0.05, 0) is 107 Å². The van der Waals surface area contributed by atoms with Gasteiger partial charge in [0.25, 0.3) is 0 Å². The van der Waals surface area contributed by atoms with E-state index in [2.05, 4.69) is 171 Å². The number of terminal acetylenes is 1. The summed E-state index contributed by atoms with van der Waals surface area (Å²) in [7, 11) is 0. The van der Waals surface area contributed by atoms with Gasteiger partial charge in [0, 0.05) is 5.56 Å². The second-order valence-electron chi connectivity index (χ2n) is 11.7. The normalized spacial score (nSPS) is 11.8. The average Bonchev–Trinajstić information content (AvgIpc) is 3.10. The van der Waals surface area contributed by atoms with Gasteiger partial charge in [0.05, 0.1) is 0 Å². The van der Waals surface area contributed by atoms with Crippen molar-refractivity contribution in [3.05, 3.63) is 168 Å². The van der Waals surface area contributed by atoms with Gasteiger partial charge in [0.1, 0.15) is 0 Å². The summed E-state index contributed by atoms with van der Waals surface area (Å²) in [5.74, 6) is 2.99. The molecule has 0 radical (unpaired) electrons. The first-order chi connectivity index (χ1) is 22.2. The maximum atomic E-state index is 6.14. The van der Waals surface area contributed by atoms with Crippen LogP contribution in [0.4, 0.5) is 0 Å². The minimum atomic E-state index is 0.904. The summed E-state index contributed by atoms with van der Waals surface area (Å²) < 4.78 is 0. The maximum Gasteiger partial charge on any atom is 0.0321 e. The summed E-state index contributed by atoms with van der Waals surface area (Å²) in [4.78, 5) is 0. The minimum absolute atomic E-state index is 0.904. The van der Waals surface area contributed by atoms with Gasteiger partial charge in [-0.15, -0.1) is 6.42 Å². The van der Waals surface area contributed by atoms with E-state index < -0.39 is 0 Å². The molecule has 0 heteroatoms. The molecular weight excluding hydrogens is 540 g/mol. The van der Waals surface area contributed by atoms with E-state index in [1.165, 1.54) is 76.5 Å². The van der Waals surface area contributed by atoms with Crippen LogP contribution in [-0.4, -0.2) is 0 Å². The van der Waals surface area contributed by atoms with Crippen LogP contribution in [0.25, 0.3) is 77.0 Å². The van der Waals surface area contributed by atoms with Gasteiger partial charge in [0.15, 0.2) is 0 Å². The fraction of sp³-hybridized carbons (Fsp3) is 0.0222. The highest BCUT2D eigenvalue weighted by molar-refractivity contribution is 6.20. The Labute approximate surface area is 263 Å². The molecule has 8 aromatic rings. The quantitative estimate of drug-likeness (QED) is 0.0854. The minimum Gasteiger partial charge on any atom is -0.115 e. The SMILES string of the molecule is C#Cc1cc2c(ccc3ccccc32)cc1/C=C(\C)c1c2ccccc2c(-c2cccc(-c3ccccc3)c2)c2ccccc12. The highest BCUT2D eigenvalue weighted by Crippen LogP contribution is 2.43. The number of allylic oxidation sites excluding steroid dienone is 1. The fourth-order valence-corrected chi connectivity index (χ4v) is 6.97. The molecule has 8 aromatic carbocycles. The van der Waals surface area contributed by atoms with Crippen molar-refractivity contribution < 1.29 is 0 Å². The Kier molecular flexibility index (Phi) is 6.52. The zero-order valence-electron chi connectivity index (χ0n) is 25.1. The van der Waals surface area contributed by atoms with Crippen LogP contribution < -0.4 is 0 Å². The molecule has 0 heterocycles. The van der Waals surface area contributed by atoms with Crippen LogP contribution in [0.2, 0.25) is 0 Å². The molecule has 0 atom stereocenters. The first-order valence-corrected chi connectivity index (χ1v) is 15.4. The van der Waals surface area contributed by atoms with Crippen molar-refractivity contribution in [3.8, 4) is 34.6 Å². The molecule has 0 aliphatic carbocycles. The lowest BCUT2D eigenvalue weighted by molar-refractivity contribution is 1.60. The second kappa shape index (κ2) is 11.0. The van der Waals surface area contributed by atoms with Crippen molar-refractivity contribution in [2.75, 3.05) is 0 Å². The second-order valence-corrected chi connectivity index (χ2v) is 11.7. The number of rotatable bonds is 4. The van der Waals surface area contributed by atoms with Gasteiger partial charge < -0.3 is 0 Å². The van der Waals surface area contributed by atoms with Crippen LogP contribution in [-0.2, 0) is 0 Å². The third kappa shape index (κ3) is 4.58. The first kappa shape index (κ1) is 26.7. The Balaban J connectivity index is 1.36. The van der Waals surface area contributed by atoms with Crippen molar-refractivity contribution in [2.24, 2.45) is 0 Å². The highest BCUT2D eigenvalue weighted by Gasteiger charge is 2.17. The van der Waals surface area contributed by atoms with Crippen molar-refractivity contribution in [1.82, 2.24) is 0 Å². The van der Waals surface area contributed by atoms with E-state index >= 15 is 0 Å². The Hall–Kier alpha value is -5.90. The van der Waals surface area contributed by atoms with Gasteiger partial charge in [-0.2, -0.15) is 0 Å². The number of fused-ring (bicyclic) bond motifs is 5. The molecule has 0 N–H and O–H groups in total. The van der Waals surface area contributed by atoms with E-state index in [0.29, 0.717) is 0 Å². The molecule has 0 aliphatic heterocycles. The van der Waals surface area contributed by atoms with E-state index in [4.69, 9.17) is 6.42 Å². The Morgan fingerprint density at radius 2 is 1.07 bits per heavy atom. The summed E-state index contributed by atoms with van der Waals surface area (Å²) in [6.45, 7) is 2.22. The highest BCUT2D eigenvalue weighted by atomic mass is 14.2. The summed E-state index contributed by atoms with van der Waals surface area (Å²) in [5.41, 5.74) is 9.30. The summed E-state index contributed by atoms with van der Waals surface area (Å²) in [6.07, 6.45) is 8.41. The van der Waals surface area contributed by atoms with E-state index in [1.807, 2.05) is 0 Å². The van der Waals surface area contributed by atoms with E-state index in [1.54, 1.807) is 0 Å². The summed E-state index contributed by atoms with van der Waals surface area (Å²) in [5, 5.41) is 9.78. The molecule has 45 heavy (non-hydrogen) atoms. The van der Waals surface area contributed by atoms with Crippen LogP contribution in [0.3, 0.4) is 0 Å². The predicted octanol–water partition coefficient (Wildman–Crippen LogP) is 12.2. The number of hydrogen-bond acceptors (Lipinski definition) is 0. The van der Waals surface area contributed by atoms with Crippen LogP contribution in [0, 0.1) is 12.3 Å². The van der Waals surface area contributed by atoms with Crippen molar-refractivity contribution in [1.29, 1.82) is 0 Å². The van der Waals surface area contributed by atoms with Crippen LogP contribution in [0.1, 0.15) is 23.6 Å². The lowest BCUT2D eigenvalue weighted by atomic mass is 9.85. The Morgan fingerprint density at radius 1 is 0.489 bits per heavy atom. The van der Waals surface area contributed by atoms with E-state index in [9.17, 15) is 0 Å². The smallest absolute Gasteiger partial charge is 0.0321 e. The molecule has 0 unspecified atom stereocenters. The molecule has 8 rings (SSSR count). The fourth-order valence-electron chi connectivity index (χ4n) is 6.97. The Morgan fingerprint density at radius 3 is 1.78 bits per heavy atom. The van der Waals surface area contributed by atoms with Gasteiger partial charge in [-0.3, -0.25) is 0 Å². The topological polar surface area (TPSA) is 0 Å². The van der Waals surface area contributed by atoms with Gasteiger partial charge >= 0.3 is 0 Å². The zero-order chi connectivity index (χ0) is 30.3. The van der Waals surface area contributed by atoms with Crippen molar-refractivity contribution in [3.63, 3.8) is 0 Å². The molecule has 0 aliphatic rings.